The van der Waals surface area contributed by atoms with E-state index in [0.717, 1.165) is 6.42 Å². The van der Waals surface area contributed by atoms with E-state index in [-0.39, 0.29) is 0 Å². The van der Waals surface area contributed by atoms with Crippen LogP contribution in [0.25, 0.3) is 0 Å². The van der Waals surface area contributed by atoms with Crippen molar-refractivity contribution in [2.45, 2.75) is 167 Å². The van der Waals surface area contributed by atoms with Crippen LogP contribution in [0.5, 0.6) is 0 Å². The number of hydrogen-bond acceptors (Lipinski definition) is 0. The minimum atomic E-state index is 1.04. The van der Waals surface area contributed by atoms with E-state index in [1.54, 1.807) is 0 Å². The maximum atomic E-state index is 8.57. The highest BCUT2D eigenvalue weighted by Crippen LogP contribution is 2.15. The Balaban J connectivity index is 2.98. The van der Waals surface area contributed by atoms with Crippen molar-refractivity contribution >= 4 is 0 Å². The van der Waals surface area contributed by atoms with Crippen molar-refractivity contribution in [3.05, 3.63) is 12.3 Å². The molecule has 0 saturated heterocycles. The first-order valence-electron chi connectivity index (χ1n) is 13.7. The van der Waals surface area contributed by atoms with E-state index in [9.17, 15) is 0 Å². The summed E-state index contributed by atoms with van der Waals surface area (Å²) in [6.45, 7) is 2.30. The number of rotatable bonds is 25. The molecule has 2 radical (unpaired) electrons. The minimum absolute atomic E-state index is 1.04. The summed E-state index contributed by atoms with van der Waals surface area (Å²) in [5.74, 6) is 0. The predicted molar refractivity (Wildman–Crippen MR) is 132 cm³/mol. The van der Waals surface area contributed by atoms with Crippen molar-refractivity contribution in [1.82, 2.24) is 5.73 Å². The van der Waals surface area contributed by atoms with Gasteiger partial charge in [0.15, 0.2) is 0 Å². The molecule has 0 aromatic carbocycles. The summed E-state index contributed by atoms with van der Waals surface area (Å²) in [7, 11) is 0. The first-order valence-corrected chi connectivity index (χ1v) is 13.7. The molecule has 0 saturated carbocycles. The molecular formula is C28H55N. The highest BCUT2D eigenvalue weighted by molar-refractivity contribution is 4.74. The molecule has 0 spiro atoms. The number of unbranched alkanes of at least 4 members (excludes halogenated alkanes) is 24. The average Bonchev–Trinajstić information content (AvgIpc) is 2.74. The smallest absolute Gasteiger partial charge is 0.0455 e. The molecule has 0 aromatic rings. The molecule has 0 aliphatic carbocycles. The molecular weight excluding hydrogens is 350 g/mol. The van der Waals surface area contributed by atoms with Gasteiger partial charge in [-0.15, -0.1) is 0 Å². The summed E-state index contributed by atoms with van der Waals surface area (Å²) in [4.78, 5) is 0. The summed E-state index contributed by atoms with van der Waals surface area (Å²) < 4.78 is 0. The lowest BCUT2D eigenvalue weighted by atomic mass is 10.0. The maximum Gasteiger partial charge on any atom is 0.0455 e. The molecule has 1 nitrogen and oxygen atoms in total. The third-order valence-electron chi connectivity index (χ3n) is 6.33. The highest BCUT2D eigenvalue weighted by atomic mass is 14.5. The van der Waals surface area contributed by atoms with Crippen LogP contribution >= 0.6 is 0 Å². The molecule has 0 rings (SSSR count). The van der Waals surface area contributed by atoms with Gasteiger partial charge in [-0.1, -0.05) is 161 Å². The molecule has 0 aliphatic rings. The van der Waals surface area contributed by atoms with E-state index >= 15 is 0 Å². The van der Waals surface area contributed by atoms with Gasteiger partial charge in [0.25, 0.3) is 0 Å². The van der Waals surface area contributed by atoms with Gasteiger partial charge in [-0.2, -0.15) is 5.73 Å². The Morgan fingerprint density at radius 1 is 0.379 bits per heavy atom. The average molecular weight is 406 g/mol. The lowest BCUT2D eigenvalue weighted by Crippen LogP contribution is -1.84. The Morgan fingerprint density at radius 3 is 0.862 bits per heavy atom. The van der Waals surface area contributed by atoms with Crippen LogP contribution in [0.15, 0.2) is 12.3 Å². The Morgan fingerprint density at radius 2 is 0.621 bits per heavy atom. The molecule has 0 unspecified atom stereocenters. The molecule has 0 aromatic heterocycles. The minimum Gasteiger partial charge on any atom is -0.160 e. The SMILES string of the molecule is CCCCCCCCCCCCCCCCCCCCCCCCCC/C=C/[N]. The number of allylic oxidation sites excluding steroid dienone is 1. The maximum absolute atomic E-state index is 8.57. The van der Waals surface area contributed by atoms with E-state index in [0.29, 0.717) is 0 Å². The van der Waals surface area contributed by atoms with Crippen LogP contribution in [-0.4, -0.2) is 0 Å². The Bertz CT molecular complexity index is 297. The summed E-state index contributed by atoms with van der Waals surface area (Å²) in [5, 5.41) is 0. The first-order chi connectivity index (χ1) is 14.4. The Kier molecular flexibility index (Phi) is 27.1. The van der Waals surface area contributed by atoms with Crippen molar-refractivity contribution in [2.75, 3.05) is 0 Å². The lowest BCUT2D eigenvalue weighted by Gasteiger charge is -2.04. The highest BCUT2D eigenvalue weighted by Gasteiger charge is 1.96. The monoisotopic (exact) mass is 405 g/mol. The van der Waals surface area contributed by atoms with Gasteiger partial charge in [0.1, 0.15) is 0 Å². The van der Waals surface area contributed by atoms with Crippen LogP contribution < -0.4 is 5.73 Å². The summed E-state index contributed by atoms with van der Waals surface area (Å²) >= 11 is 0. The second-order valence-electron chi connectivity index (χ2n) is 9.31. The van der Waals surface area contributed by atoms with E-state index in [2.05, 4.69) is 6.92 Å². The molecule has 172 valence electrons. The van der Waals surface area contributed by atoms with Crippen LogP contribution in [0.1, 0.15) is 167 Å². The fraction of sp³-hybridized carbons (Fsp3) is 0.929. The van der Waals surface area contributed by atoms with Gasteiger partial charge in [0, 0.05) is 6.20 Å². The first kappa shape index (κ1) is 28.5. The van der Waals surface area contributed by atoms with E-state index < -0.39 is 0 Å². The van der Waals surface area contributed by atoms with Crippen molar-refractivity contribution < 1.29 is 0 Å². The standard InChI is InChI=1S/C28H55N/c1-2-3-4-5-6-7-8-9-10-11-12-13-14-15-16-17-18-19-20-21-22-23-24-25-26-27-28-29/h27-28H,2-26H2,1H3/b28-27+. The van der Waals surface area contributed by atoms with Crippen molar-refractivity contribution in [3.63, 3.8) is 0 Å². The van der Waals surface area contributed by atoms with Crippen LogP contribution in [0.3, 0.4) is 0 Å². The van der Waals surface area contributed by atoms with Crippen LogP contribution in [0, 0.1) is 0 Å². The Labute approximate surface area is 185 Å². The largest absolute Gasteiger partial charge is 0.160 e. The summed E-state index contributed by atoms with van der Waals surface area (Å²) in [5.41, 5.74) is 8.57. The summed E-state index contributed by atoms with van der Waals surface area (Å²) in [6, 6.07) is 0. The topological polar surface area (TPSA) is 22.3 Å². The normalized spacial score (nSPS) is 11.6. The molecule has 0 heterocycles. The number of hydrogen-bond donors (Lipinski definition) is 0. The molecule has 0 bridgehead atoms. The molecule has 0 fully saturated rings. The fourth-order valence-electron chi connectivity index (χ4n) is 4.30. The zero-order valence-corrected chi connectivity index (χ0v) is 20.3. The predicted octanol–water partition coefficient (Wildman–Crippen LogP) is 10.3. The molecule has 0 atom stereocenters. The van der Waals surface area contributed by atoms with Crippen LogP contribution in [-0.2, 0) is 0 Å². The summed E-state index contributed by atoms with van der Waals surface area (Å²) in [6.07, 6.45) is 38.6. The van der Waals surface area contributed by atoms with Gasteiger partial charge < -0.3 is 0 Å². The third-order valence-corrected chi connectivity index (χ3v) is 6.33. The molecule has 0 amide bonds. The van der Waals surface area contributed by atoms with Gasteiger partial charge in [-0.25, -0.2) is 0 Å². The zero-order valence-electron chi connectivity index (χ0n) is 20.3. The van der Waals surface area contributed by atoms with Crippen LogP contribution in [0.2, 0.25) is 0 Å². The lowest BCUT2D eigenvalue weighted by molar-refractivity contribution is 0.517. The molecule has 1 heteroatoms. The third kappa shape index (κ3) is 27.5. The fourth-order valence-corrected chi connectivity index (χ4v) is 4.30. The molecule has 0 aliphatic heterocycles. The van der Waals surface area contributed by atoms with Crippen LogP contribution in [0.4, 0.5) is 0 Å². The van der Waals surface area contributed by atoms with E-state index in [1.165, 1.54) is 160 Å². The Hall–Kier alpha value is -0.460. The second-order valence-corrected chi connectivity index (χ2v) is 9.31. The molecule has 0 N–H and O–H groups in total. The van der Waals surface area contributed by atoms with Crippen molar-refractivity contribution in [1.29, 1.82) is 0 Å². The van der Waals surface area contributed by atoms with Crippen molar-refractivity contribution in [2.24, 2.45) is 0 Å². The van der Waals surface area contributed by atoms with Gasteiger partial charge in [0.05, 0.1) is 0 Å². The van der Waals surface area contributed by atoms with Gasteiger partial charge in [-0.05, 0) is 12.8 Å². The van der Waals surface area contributed by atoms with E-state index in [1.807, 2.05) is 6.08 Å². The number of nitrogens with zero attached hydrogens (tertiary/aromatic N) is 1. The zero-order chi connectivity index (χ0) is 21.1. The van der Waals surface area contributed by atoms with Crippen molar-refractivity contribution in [3.8, 4) is 0 Å². The van der Waals surface area contributed by atoms with E-state index in [4.69, 9.17) is 5.73 Å². The second kappa shape index (κ2) is 27.5. The molecule has 29 heavy (non-hydrogen) atoms. The quantitative estimate of drug-likeness (QED) is 0.135. The van der Waals surface area contributed by atoms with Gasteiger partial charge in [-0.3, -0.25) is 0 Å². The van der Waals surface area contributed by atoms with Gasteiger partial charge >= 0.3 is 0 Å². The van der Waals surface area contributed by atoms with Gasteiger partial charge in [0.2, 0.25) is 0 Å².